The van der Waals surface area contributed by atoms with E-state index in [1.165, 1.54) is 12.0 Å². The van der Waals surface area contributed by atoms with Crippen molar-refractivity contribution in [2.75, 3.05) is 21.2 Å². The molecule has 0 saturated carbocycles. The third-order valence-corrected chi connectivity index (χ3v) is 4.49. The Bertz CT molecular complexity index is 670. The first-order chi connectivity index (χ1) is 14.9. The van der Waals surface area contributed by atoms with Crippen LogP contribution in [0, 0.1) is 6.92 Å². The Balaban J connectivity index is -0.000000359. The number of rotatable bonds is 4. The van der Waals surface area contributed by atoms with E-state index in [1.807, 2.05) is 33.3 Å². The van der Waals surface area contributed by atoms with E-state index in [4.69, 9.17) is 4.74 Å². The van der Waals surface area contributed by atoms with Crippen molar-refractivity contribution in [2.24, 2.45) is 0 Å². The van der Waals surface area contributed by atoms with Crippen LogP contribution in [0.25, 0.3) is 0 Å². The number of halogens is 6. The molecule has 2 heterocycles. The van der Waals surface area contributed by atoms with Crippen LogP contribution in [0.15, 0.2) is 45.9 Å². The number of pyridine rings is 2. The Morgan fingerprint density at radius 2 is 1.44 bits per heavy atom. The summed E-state index contributed by atoms with van der Waals surface area (Å²) >= 11 is 16.4. The fraction of sp³-hybridized carbons (Fsp3) is 0.476. The van der Waals surface area contributed by atoms with E-state index in [0.717, 1.165) is 31.6 Å². The average molecular weight is 1060 g/mol. The first kappa shape index (κ1) is 39.0. The Morgan fingerprint density at radius 1 is 1.03 bits per heavy atom. The van der Waals surface area contributed by atoms with Gasteiger partial charge in [-0.15, -0.1) is 0 Å². The molecule has 0 aromatic carbocycles. The molecule has 11 heteroatoms. The van der Waals surface area contributed by atoms with Gasteiger partial charge in [0.05, 0.1) is 13.3 Å². The fourth-order valence-corrected chi connectivity index (χ4v) is 2.17. The Morgan fingerprint density at radius 3 is 1.72 bits per heavy atom. The summed E-state index contributed by atoms with van der Waals surface area (Å²) in [6.07, 6.45) is 9.33. The molecule has 2 rings (SSSR count). The molecule has 32 heavy (non-hydrogen) atoms. The number of aromatic nitrogens is 2. The van der Waals surface area contributed by atoms with Crippen molar-refractivity contribution in [3.63, 3.8) is 0 Å². The van der Waals surface area contributed by atoms with Gasteiger partial charge in [0.25, 0.3) is 0 Å². The summed E-state index contributed by atoms with van der Waals surface area (Å²) in [6.45, 7) is 10.8. The number of alkyl halides is 1. The van der Waals surface area contributed by atoms with Crippen LogP contribution in [0.3, 0.4) is 0 Å². The Hall–Kier alpha value is 2.52. The topological polar surface area (TPSA) is 38.2 Å². The van der Waals surface area contributed by atoms with Gasteiger partial charge in [-0.05, 0) is 70.1 Å². The first-order valence-corrected chi connectivity index (χ1v) is 25.9. The van der Waals surface area contributed by atoms with Gasteiger partial charge in [0, 0.05) is 38.0 Å². The van der Waals surface area contributed by atoms with E-state index in [-0.39, 0.29) is 4.92 Å². The molecule has 0 saturated heterocycles. The predicted octanol–water partition coefficient (Wildman–Crippen LogP) is 9.86. The van der Waals surface area contributed by atoms with Crippen molar-refractivity contribution in [3.05, 3.63) is 58.4 Å². The summed E-state index contributed by atoms with van der Waals surface area (Å²) < 4.78 is 7.73. The molecule has 2 aromatic rings. The van der Waals surface area contributed by atoms with E-state index in [0.29, 0.717) is 0 Å². The van der Waals surface area contributed by atoms with E-state index < -0.39 is 0 Å². The van der Waals surface area contributed by atoms with Gasteiger partial charge >= 0.3 is 64.9 Å². The van der Waals surface area contributed by atoms with Gasteiger partial charge in [-0.3, -0.25) is 9.97 Å². The van der Waals surface area contributed by atoms with Gasteiger partial charge in [-0.2, -0.15) is 6.42 Å². The number of ether oxygens (including phenoxy) is 1. The molecular weight excluding hydrogens is 1030 g/mol. The number of nitrogens with zero attached hydrogens (tertiary/aromatic N) is 3. The molecule has 4 nitrogen and oxygen atoms in total. The Kier molecular flexibility index (Phi) is 34.3. The second kappa shape index (κ2) is 28.1. The second-order valence-corrected chi connectivity index (χ2v) is 45.5. The molecule has 0 aliphatic heterocycles. The van der Waals surface area contributed by atoms with Crippen LogP contribution < -0.4 is 4.74 Å². The standard InChI is InChI=1S/C8H11BrN2.C6H6BrNO.C4H9I.C3H7.3HI.V/c1-11(2)6-7-3-8(9)5-10-4-7;1-9-6-2-5(7)3-8-4-6;1-3-4(2)5;1-3-2;;;;/h3-5H,6H2,1-2H3;2-4H,1H3;4H,3H2,1-2H3;1,3H2,2H3;3*1H;/q;;;-1;;;;+3/p-3. The van der Waals surface area contributed by atoms with E-state index in [2.05, 4.69) is 156 Å². The molecule has 1 atom stereocenters. The van der Waals surface area contributed by atoms with Crippen LogP contribution in [0.1, 0.15) is 39.2 Å². The SMILES string of the molecule is CCC(C)I.CN(C)Cc1cncc(Br)c1.COc1cncc(Br)c1.[CH2-]CC.[I][V]([I])[I]. The maximum atomic E-state index is 4.90. The molecule has 0 aliphatic rings. The summed E-state index contributed by atoms with van der Waals surface area (Å²) in [7, 11) is 5.70. The van der Waals surface area contributed by atoms with Crippen molar-refractivity contribution < 1.29 is 9.66 Å². The first-order valence-electron chi connectivity index (χ1n) is 9.52. The molecule has 0 fully saturated rings. The van der Waals surface area contributed by atoms with E-state index >= 15 is 0 Å². The molecule has 0 radical (unpaired) electrons. The number of hydrogen-bond acceptors (Lipinski definition) is 4. The van der Waals surface area contributed by atoms with Crippen LogP contribution in [0.2, 0.25) is 0 Å². The zero-order chi connectivity index (χ0) is 25.5. The van der Waals surface area contributed by atoms with Crippen LogP contribution >= 0.6 is 114 Å². The van der Waals surface area contributed by atoms with Gasteiger partial charge < -0.3 is 16.6 Å². The summed E-state index contributed by atoms with van der Waals surface area (Å²) in [6, 6.07) is 3.93. The molecular formula is C21H33Br2I4N3OV-. The fourth-order valence-electron chi connectivity index (χ4n) is 1.41. The summed E-state index contributed by atoms with van der Waals surface area (Å²) in [5.41, 5.74) is 1.23. The Labute approximate surface area is 264 Å². The van der Waals surface area contributed by atoms with Gasteiger partial charge in [0.1, 0.15) is 5.75 Å². The third kappa shape index (κ3) is 34.7. The molecule has 0 aliphatic carbocycles. The van der Waals surface area contributed by atoms with Crippen LogP contribution in [-0.4, -0.2) is 40.0 Å². The second-order valence-electron chi connectivity index (χ2n) is 6.17. The van der Waals surface area contributed by atoms with Crippen molar-refractivity contribution in [3.8, 4) is 5.75 Å². The monoisotopic (exact) mass is 1060 g/mol. The normalized spacial score (nSPS) is 10.2. The minimum absolute atomic E-state index is 0.278. The van der Waals surface area contributed by atoms with Gasteiger partial charge in [-0.1, -0.05) is 43.4 Å². The minimum atomic E-state index is -0.278. The molecule has 0 bridgehead atoms. The summed E-state index contributed by atoms with van der Waals surface area (Å²) in [4.78, 5) is 9.78. The number of hydrogen-bond donors (Lipinski definition) is 0. The molecule has 0 amide bonds. The zero-order valence-corrected chi connectivity index (χ0v) is 32.5. The number of methoxy groups -OCH3 is 1. The zero-order valence-electron chi connectivity index (χ0n) is 19.3. The van der Waals surface area contributed by atoms with Crippen LogP contribution in [-0.2, 0) is 11.5 Å². The van der Waals surface area contributed by atoms with Gasteiger partial charge in [0.2, 0.25) is 0 Å². The van der Waals surface area contributed by atoms with Crippen molar-refractivity contribution in [1.82, 2.24) is 14.9 Å². The average Bonchev–Trinajstić information content (AvgIpc) is 2.68. The van der Waals surface area contributed by atoms with Crippen molar-refractivity contribution in [2.45, 2.75) is 44.1 Å². The molecule has 0 spiro atoms. The maximum absolute atomic E-state index is 4.90. The molecule has 0 N–H and O–H groups in total. The molecule has 1 unspecified atom stereocenters. The summed E-state index contributed by atoms with van der Waals surface area (Å²) in [5, 5.41) is 0. The van der Waals surface area contributed by atoms with Gasteiger partial charge in [0.15, 0.2) is 0 Å². The third-order valence-electron chi connectivity index (χ3n) is 2.74. The summed E-state index contributed by atoms with van der Waals surface area (Å²) in [5.74, 6) is 0.768. The quantitative estimate of drug-likeness (QED) is 0.174. The van der Waals surface area contributed by atoms with Crippen LogP contribution in [0.5, 0.6) is 5.75 Å². The van der Waals surface area contributed by atoms with E-state index in [9.17, 15) is 0 Å². The molecule has 186 valence electrons. The van der Waals surface area contributed by atoms with Crippen LogP contribution in [0.4, 0.5) is 0 Å². The van der Waals surface area contributed by atoms with Crippen molar-refractivity contribution >= 4 is 114 Å². The van der Waals surface area contributed by atoms with Gasteiger partial charge in [-0.25, -0.2) is 0 Å². The predicted molar refractivity (Wildman–Crippen MR) is 179 cm³/mol. The van der Waals surface area contributed by atoms with Crippen molar-refractivity contribution in [1.29, 1.82) is 0 Å². The molecule has 2 aromatic heterocycles. The van der Waals surface area contributed by atoms with E-state index in [1.54, 1.807) is 25.7 Å².